The van der Waals surface area contributed by atoms with Gasteiger partial charge in [-0.15, -0.1) is 0 Å². The van der Waals surface area contributed by atoms with Crippen molar-refractivity contribution in [2.75, 3.05) is 19.6 Å². The van der Waals surface area contributed by atoms with E-state index in [4.69, 9.17) is 5.73 Å². The quantitative estimate of drug-likeness (QED) is 0.680. The second kappa shape index (κ2) is 9.54. The van der Waals surface area contributed by atoms with E-state index in [2.05, 4.69) is 5.32 Å². The summed E-state index contributed by atoms with van der Waals surface area (Å²) in [5, 5.41) is 2.66. The number of carbonyl (C=O) groups is 2. The van der Waals surface area contributed by atoms with Crippen molar-refractivity contribution in [2.24, 2.45) is 11.7 Å². The molecule has 31 heavy (non-hydrogen) atoms. The van der Waals surface area contributed by atoms with Crippen molar-refractivity contribution in [3.8, 4) is 0 Å². The van der Waals surface area contributed by atoms with E-state index >= 15 is 0 Å². The molecule has 0 spiro atoms. The van der Waals surface area contributed by atoms with Gasteiger partial charge in [0.2, 0.25) is 5.91 Å². The molecule has 0 atom stereocenters. The number of benzene rings is 1. The maximum Gasteiger partial charge on any atom is 0.416 e. The Morgan fingerprint density at radius 2 is 1.74 bits per heavy atom. The summed E-state index contributed by atoms with van der Waals surface area (Å²) in [6, 6.07) is 2.58. The molecule has 172 valence electrons. The van der Waals surface area contributed by atoms with E-state index in [1.54, 1.807) is 4.90 Å². The number of carbonyl (C=O) groups excluding carboxylic acids is 2. The van der Waals surface area contributed by atoms with Gasteiger partial charge in [0.25, 0.3) is 5.91 Å². The Balaban J connectivity index is 1.53. The van der Waals surface area contributed by atoms with Crippen LogP contribution in [0.4, 0.5) is 17.6 Å². The molecule has 2 aliphatic rings. The Hall–Kier alpha value is -2.16. The Morgan fingerprint density at radius 1 is 1.10 bits per heavy atom. The predicted octanol–water partition coefficient (Wildman–Crippen LogP) is 3.80. The van der Waals surface area contributed by atoms with Gasteiger partial charge in [-0.3, -0.25) is 9.59 Å². The molecule has 1 aromatic rings. The molecular weight excluding hydrogens is 414 g/mol. The van der Waals surface area contributed by atoms with Gasteiger partial charge >= 0.3 is 6.18 Å². The van der Waals surface area contributed by atoms with Crippen molar-refractivity contribution < 1.29 is 27.2 Å². The van der Waals surface area contributed by atoms with Crippen LogP contribution in [0.25, 0.3) is 0 Å². The number of nitrogens with one attached hydrogen (secondary N) is 1. The lowest BCUT2D eigenvalue weighted by molar-refractivity contribution is -0.140. The van der Waals surface area contributed by atoms with Crippen LogP contribution in [-0.4, -0.2) is 41.9 Å². The van der Waals surface area contributed by atoms with Gasteiger partial charge < -0.3 is 16.0 Å². The zero-order valence-electron chi connectivity index (χ0n) is 17.4. The number of rotatable bonds is 5. The van der Waals surface area contributed by atoms with Gasteiger partial charge in [-0.25, -0.2) is 4.39 Å². The lowest BCUT2D eigenvalue weighted by Crippen LogP contribution is -2.57. The average molecular weight is 443 g/mol. The molecule has 3 rings (SSSR count). The maximum atomic E-state index is 13.0. The first-order valence-corrected chi connectivity index (χ1v) is 10.8. The van der Waals surface area contributed by atoms with Gasteiger partial charge in [0, 0.05) is 25.2 Å². The van der Waals surface area contributed by atoms with E-state index in [0.717, 1.165) is 31.4 Å². The number of nitrogens with two attached hydrogens (primary N) is 1. The van der Waals surface area contributed by atoms with E-state index in [9.17, 15) is 27.2 Å². The third-order valence-corrected chi connectivity index (χ3v) is 6.36. The summed E-state index contributed by atoms with van der Waals surface area (Å²) in [4.78, 5) is 27.0. The van der Waals surface area contributed by atoms with Crippen LogP contribution in [0.3, 0.4) is 0 Å². The molecule has 9 heteroatoms. The van der Waals surface area contributed by atoms with Crippen LogP contribution in [0, 0.1) is 5.92 Å². The monoisotopic (exact) mass is 443 g/mol. The van der Waals surface area contributed by atoms with Crippen molar-refractivity contribution in [1.29, 1.82) is 0 Å². The smallest absolute Gasteiger partial charge is 0.352 e. The molecule has 5 nitrogen and oxygen atoms in total. The molecule has 3 N–H and O–H groups in total. The molecule has 1 aromatic carbocycles. The van der Waals surface area contributed by atoms with Crippen LogP contribution < -0.4 is 11.1 Å². The van der Waals surface area contributed by atoms with E-state index < -0.39 is 29.9 Å². The Bertz CT molecular complexity index is 798. The van der Waals surface area contributed by atoms with Gasteiger partial charge in [0.15, 0.2) is 0 Å². The fourth-order valence-corrected chi connectivity index (χ4v) is 4.45. The second-order valence-electron chi connectivity index (χ2n) is 8.71. The summed E-state index contributed by atoms with van der Waals surface area (Å²) < 4.78 is 51.9. The lowest BCUT2D eigenvalue weighted by atomic mass is 9.81. The molecule has 0 radical (unpaired) electrons. The van der Waals surface area contributed by atoms with Crippen LogP contribution in [-0.2, 0) is 17.6 Å². The fraction of sp³-hybridized carbons (Fsp3) is 0.636. The molecule has 0 unspecified atom stereocenters. The lowest BCUT2D eigenvalue weighted by Gasteiger charge is -2.40. The molecule has 1 aliphatic carbocycles. The molecule has 0 aromatic heterocycles. The highest BCUT2D eigenvalue weighted by Crippen LogP contribution is 2.31. The Labute approximate surface area is 179 Å². The minimum atomic E-state index is -4.65. The number of alkyl halides is 4. The normalized spacial score (nSPS) is 19.8. The molecule has 1 saturated heterocycles. The molecule has 0 bridgehead atoms. The number of piperidine rings is 1. The Morgan fingerprint density at radius 3 is 2.32 bits per heavy atom. The standard InChI is InChI=1S/C22H29F4N3O2/c23-13-16-10-17(12-18(11-16)22(24,25)26)19(30)28-14-15-4-8-29(9-5-15)20(31)21(27)6-2-1-3-7-21/h10-12,15H,1-9,13-14,27H2,(H,28,30). The van der Waals surface area contributed by atoms with E-state index in [-0.39, 0.29) is 29.5 Å². The largest absolute Gasteiger partial charge is 0.416 e. The maximum absolute atomic E-state index is 13.0. The zero-order valence-corrected chi connectivity index (χ0v) is 17.4. The molecule has 2 amide bonds. The van der Waals surface area contributed by atoms with Gasteiger partial charge in [-0.05, 0) is 55.4 Å². The predicted molar refractivity (Wildman–Crippen MR) is 108 cm³/mol. The van der Waals surface area contributed by atoms with Crippen molar-refractivity contribution in [2.45, 2.75) is 63.3 Å². The minimum Gasteiger partial charge on any atom is -0.352 e. The highest BCUT2D eigenvalue weighted by atomic mass is 19.4. The first-order valence-electron chi connectivity index (χ1n) is 10.8. The molecular formula is C22H29F4N3O2. The number of amides is 2. The average Bonchev–Trinajstić information content (AvgIpc) is 2.76. The number of hydrogen-bond acceptors (Lipinski definition) is 3. The van der Waals surface area contributed by atoms with Crippen molar-refractivity contribution >= 4 is 11.8 Å². The van der Waals surface area contributed by atoms with E-state index in [1.807, 2.05) is 0 Å². The first kappa shape index (κ1) is 23.5. The highest BCUT2D eigenvalue weighted by molar-refractivity contribution is 5.94. The SMILES string of the molecule is NC1(C(=O)N2CCC(CNC(=O)c3cc(CF)cc(C(F)(F)F)c3)CC2)CCCCC1. The molecule has 1 aliphatic heterocycles. The Kier molecular flexibility index (Phi) is 7.24. The van der Waals surface area contributed by atoms with Crippen LogP contribution in [0.1, 0.15) is 66.4 Å². The van der Waals surface area contributed by atoms with Gasteiger partial charge in [-0.2, -0.15) is 13.2 Å². The summed E-state index contributed by atoms with van der Waals surface area (Å²) in [5.41, 5.74) is 4.13. The summed E-state index contributed by atoms with van der Waals surface area (Å²) >= 11 is 0. The van der Waals surface area contributed by atoms with Crippen LogP contribution >= 0.6 is 0 Å². The summed E-state index contributed by atoms with van der Waals surface area (Å²) in [6.07, 6.45) is 1.15. The number of hydrogen-bond donors (Lipinski definition) is 2. The highest BCUT2D eigenvalue weighted by Gasteiger charge is 2.39. The second-order valence-corrected chi connectivity index (χ2v) is 8.71. The number of nitrogens with zero attached hydrogens (tertiary/aromatic N) is 1. The van der Waals surface area contributed by atoms with Crippen LogP contribution in [0.2, 0.25) is 0 Å². The summed E-state index contributed by atoms with van der Waals surface area (Å²) in [5.74, 6) is -0.556. The first-order chi connectivity index (χ1) is 14.6. The zero-order chi connectivity index (χ0) is 22.6. The van der Waals surface area contributed by atoms with Gasteiger partial charge in [0.05, 0.1) is 11.1 Å². The topological polar surface area (TPSA) is 75.4 Å². The number of likely N-dealkylation sites (tertiary alicyclic amines) is 1. The molecule has 1 saturated carbocycles. The van der Waals surface area contributed by atoms with Gasteiger partial charge in [0.1, 0.15) is 6.67 Å². The van der Waals surface area contributed by atoms with E-state index in [0.29, 0.717) is 44.8 Å². The van der Waals surface area contributed by atoms with Crippen LogP contribution in [0.5, 0.6) is 0 Å². The summed E-state index contributed by atoms with van der Waals surface area (Å²) in [6.45, 7) is 0.302. The van der Waals surface area contributed by atoms with Gasteiger partial charge in [-0.1, -0.05) is 19.3 Å². The third kappa shape index (κ3) is 5.75. The van der Waals surface area contributed by atoms with Crippen molar-refractivity contribution in [3.63, 3.8) is 0 Å². The van der Waals surface area contributed by atoms with Crippen LogP contribution in [0.15, 0.2) is 18.2 Å². The minimum absolute atomic E-state index is 0.00240. The fourth-order valence-electron chi connectivity index (χ4n) is 4.45. The number of halogens is 4. The molecule has 1 heterocycles. The third-order valence-electron chi connectivity index (χ3n) is 6.36. The van der Waals surface area contributed by atoms with Crippen molar-refractivity contribution in [3.05, 3.63) is 34.9 Å². The molecule has 2 fully saturated rings. The van der Waals surface area contributed by atoms with Crippen molar-refractivity contribution in [1.82, 2.24) is 10.2 Å². The summed E-state index contributed by atoms with van der Waals surface area (Å²) in [7, 11) is 0. The van der Waals surface area contributed by atoms with E-state index in [1.165, 1.54) is 0 Å².